The zero-order chi connectivity index (χ0) is 16.7. The van der Waals surface area contributed by atoms with Crippen LogP contribution in [0.25, 0.3) is 0 Å². The average molecular weight is 319 g/mol. The molecule has 1 amide bonds. The van der Waals surface area contributed by atoms with Gasteiger partial charge in [-0.25, -0.2) is 4.79 Å². The van der Waals surface area contributed by atoms with Crippen LogP contribution in [0.3, 0.4) is 0 Å². The van der Waals surface area contributed by atoms with Gasteiger partial charge in [0.2, 0.25) is 5.91 Å². The minimum atomic E-state index is -0.818. The van der Waals surface area contributed by atoms with E-state index >= 15 is 0 Å². The molecule has 5 heteroatoms. The average Bonchev–Trinajstić information content (AvgIpc) is 3.03. The predicted molar refractivity (Wildman–Crippen MR) is 87.3 cm³/mol. The lowest BCUT2D eigenvalue weighted by atomic mass is 9.97. The van der Waals surface area contributed by atoms with Crippen LogP contribution in [0.1, 0.15) is 44.6 Å². The van der Waals surface area contributed by atoms with Crippen molar-refractivity contribution in [2.75, 3.05) is 13.7 Å². The van der Waals surface area contributed by atoms with Crippen LogP contribution in [0.2, 0.25) is 0 Å². The lowest BCUT2D eigenvalue weighted by molar-refractivity contribution is -0.153. The molecule has 5 nitrogen and oxygen atoms in total. The molecule has 1 saturated carbocycles. The zero-order valence-electron chi connectivity index (χ0n) is 13.9. The largest absolute Gasteiger partial charge is 0.497 e. The molecular weight excluding hydrogens is 294 g/mol. The molecule has 0 bridgehead atoms. The van der Waals surface area contributed by atoms with Crippen LogP contribution in [0.15, 0.2) is 24.3 Å². The first-order chi connectivity index (χ1) is 11.1. The van der Waals surface area contributed by atoms with Gasteiger partial charge in [-0.3, -0.25) is 4.79 Å². The third kappa shape index (κ3) is 4.47. The number of hydrogen-bond donors (Lipinski definition) is 1. The number of carbonyl (C=O) groups is 2. The van der Waals surface area contributed by atoms with Gasteiger partial charge in [0.25, 0.3) is 0 Å². The van der Waals surface area contributed by atoms with E-state index in [-0.39, 0.29) is 11.9 Å². The van der Waals surface area contributed by atoms with Crippen molar-refractivity contribution < 1.29 is 19.1 Å². The molecular formula is C18H25NO4. The first kappa shape index (κ1) is 17.3. The van der Waals surface area contributed by atoms with Crippen LogP contribution in [-0.4, -0.2) is 31.1 Å². The Morgan fingerprint density at radius 1 is 1.26 bits per heavy atom. The van der Waals surface area contributed by atoms with Gasteiger partial charge in [-0.15, -0.1) is 0 Å². The van der Waals surface area contributed by atoms with Crippen LogP contribution >= 0.6 is 0 Å². The van der Waals surface area contributed by atoms with Gasteiger partial charge in [0, 0.05) is 6.42 Å². The molecule has 1 aliphatic carbocycles. The van der Waals surface area contributed by atoms with Gasteiger partial charge < -0.3 is 14.8 Å². The molecule has 23 heavy (non-hydrogen) atoms. The molecule has 126 valence electrons. The zero-order valence-corrected chi connectivity index (χ0v) is 13.9. The Balaban J connectivity index is 1.93. The second-order valence-corrected chi connectivity index (χ2v) is 5.91. The summed E-state index contributed by atoms with van der Waals surface area (Å²) in [5, 5.41) is 2.93. The summed E-state index contributed by atoms with van der Waals surface area (Å²) in [6.45, 7) is 2.12. The molecule has 1 aliphatic rings. The van der Waals surface area contributed by atoms with E-state index in [0.29, 0.717) is 32.3 Å². The van der Waals surface area contributed by atoms with Crippen LogP contribution in [0.5, 0.6) is 5.75 Å². The summed E-state index contributed by atoms with van der Waals surface area (Å²) in [6.07, 6.45) is 4.16. The van der Waals surface area contributed by atoms with Gasteiger partial charge in [-0.1, -0.05) is 25.0 Å². The van der Waals surface area contributed by atoms with Crippen LogP contribution in [0, 0.1) is 0 Å². The Bertz CT molecular complexity index is 550. The number of ether oxygens (including phenoxy) is 2. The van der Waals surface area contributed by atoms with Gasteiger partial charge >= 0.3 is 5.97 Å². The summed E-state index contributed by atoms with van der Waals surface area (Å²) in [5.41, 5.74) is 0.220. The fourth-order valence-corrected chi connectivity index (χ4v) is 3.04. The summed E-state index contributed by atoms with van der Waals surface area (Å²) in [5.74, 6) is 0.372. The van der Waals surface area contributed by atoms with Gasteiger partial charge in [-0.05, 0) is 43.9 Å². The number of hydrogen-bond acceptors (Lipinski definition) is 4. The van der Waals surface area contributed by atoms with E-state index in [1.807, 2.05) is 24.3 Å². The number of benzene rings is 1. The minimum Gasteiger partial charge on any atom is -0.497 e. The Morgan fingerprint density at radius 3 is 2.65 bits per heavy atom. The molecule has 0 unspecified atom stereocenters. The first-order valence-corrected chi connectivity index (χ1v) is 8.21. The van der Waals surface area contributed by atoms with Crippen molar-refractivity contribution in [3.63, 3.8) is 0 Å². The van der Waals surface area contributed by atoms with Gasteiger partial charge in [0.1, 0.15) is 11.3 Å². The summed E-state index contributed by atoms with van der Waals surface area (Å²) >= 11 is 0. The molecule has 0 radical (unpaired) electrons. The third-order valence-electron chi connectivity index (χ3n) is 4.28. The molecule has 2 rings (SSSR count). The molecule has 0 saturated heterocycles. The lowest BCUT2D eigenvalue weighted by Crippen LogP contribution is -2.53. The quantitative estimate of drug-likeness (QED) is 0.785. The van der Waals surface area contributed by atoms with Crippen molar-refractivity contribution in [3.8, 4) is 5.75 Å². The highest BCUT2D eigenvalue weighted by Crippen LogP contribution is 2.31. The second kappa shape index (κ2) is 7.99. The minimum absolute atomic E-state index is 0.109. The highest BCUT2D eigenvalue weighted by atomic mass is 16.5. The Labute approximate surface area is 137 Å². The summed E-state index contributed by atoms with van der Waals surface area (Å²) in [4.78, 5) is 24.5. The fourth-order valence-electron chi connectivity index (χ4n) is 3.04. The van der Waals surface area contributed by atoms with Crippen molar-refractivity contribution in [1.82, 2.24) is 5.32 Å². The number of esters is 1. The highest BCUT2D eigenvalue weighted by Gasteiger charge is 2.43. The molecule has 0 aliphatic heterocycles. The van der Waals surface area contributed by atoms with E-state index in [1.165, 1.54) is 0 Å². The number of carbonyl (C=O) groups excluding carboxylic acids is 2. The van der Waals surface area contributed by atoms with E-state index in [1.54, 1.807) is 14.0 Å². The van der Waals surface area contributed by atoms with Crippen molar-refractivity contribution >= 4 is 11.9 Å². The van der Waals surface area contributed by atoms with E-state index in [9.17, 15) is 9.59 Å². The SMILES string of the molecule is CCOC(=O)C1(NC(=O)CCc2cccc(OC)c2)CCCC1. The number of aryl methyl sites for hydroxylation is 1. The maximum Gasteiger partial charge on any atom is 0.331 e. The Kier molecular flexibility index (Phi) is 6.02. The fraction of sp³-hybridized carbons (Fsp3) is 0.556. The maximum absolute atomic E-state index is 12.3. The molecule has 0 heterocycles. The number of amides is 1. The van der Waals surface area contributed by atoms with Gasteiger partial charge in [0.15, 0.2) is 0 Å². The third-order valence-corrected chi connectivity index (χ3v) is 4.28. The monoisotopic (exact) mass is 319 g/mol. The molecule has 0 spiro atoms. The maximum atomic E-state index is 12.3. The topological polar surface area (TPSA) is 64.6 Å². The Morgan fingerprint density at radius 2 is 2.00 bits per heavy atom. The van der Waals surface area contributed by atoms with Crippen molar-refractivity contribution in [3.05, 3.63) is 29.8 Å². The summed E-state index contributed by atoms with van der Waals surface area (Å²) < 4.78 is 10.3. The number of rotatable bonds is 7. The van der Waals surface area contributed by atoms with E-state index in [0.717, 1.165) is 24.2 Å². The Hall–Kier alpha value is -2.04. The molecule has 0 atom stereocenters. The van der Waals surface area contributed by atoms with Crippen LogP contribution in [0.4, 0.5) is 0 Å². The molecule has 1 N–H and O–H groups in total. The van der Waals surface area contributed by atoms with E-state index in [2.05, 4.69) is 5.32 Å². The van der Waals surface area contributed by atoms with Crippen molar-refractivity contribution in [2.24, 2.45) is 0 Å². The number of nitrogens with one attached hydrogen (secondary N) is 1. The van der Waals surface area contributed by atoms with Crippen LogP contribution in [-0.2, 0) is 20.7 Å². The molecule has 1 aromatic carbocycles. The summed E-state index contributed by atoms with van der Waals surface area (Å²) in [6, 6.07) is 7.66. The van der Waals surface area contributed by atoms with Crippen molar-refractivity contribution in [1.29, 1.82) is 0 Å². The lowest BCUT2D eigenvalue weighted by Gasteiger charge is -2.27. The molecule has 1 aromatic rings. The summed E-state index contributed by atoms with van der Waals surface area (Å²) in [7, 11) is 1.62. The molecule has 1 fully saturated rings. The van der Waals surface area contributed by atoms with Gasteiger partial charge in [0.05, 0.1) is 13.7 Å². The smallest absolute Gasteiger partial charge is 0.331 e. The highest BCUT2D eigenvalue weighted by molar-refractivity contribution is 5.88. The van der Waals surface area contributed by atoms with E-state index < -0.39 is 5.54 Å². The normalized spacial score (nSPS) is 15.9. The number of methoxy groups -OCH3 is 1. The first-order valence-electron chi connectivity index (χ1n) is 8.21. The molecule has 0 aromatic heterocycles. The standard InChI is InChI=1S/C18H25NO4/c1-3-23-17(21)18(11-4-5-12-18)19-16(20)10-9-14-7-6-8-15(13-14)22-2/h6-8,13H,3-5,9-12H2,1-2H3,(H,19,20). The van der Waals surface area contributed by atoms with Gasteiger partial charge in [-0.2, -0.15) is 0 Å². The predicted octanol–water partition coefficient (Wildman–Crippen LogP) is 2.62. The van der Waals surface area contributed by atoms with Crippen LogP contribution < -0.4 is 10.1 Å². The second-order valence-electron chi connectivity index (χ2n) is 5.91. The van der Waals surface area contributed by atoms with Crippen molar-refractivity contribution in [2.45, 2.75) is 51.0 Å². The van der Waals surface area contributed by atoms with E-state index in [4.69, 9.17) is 9.47 Å².